The summed E-state index contributed by atoms with van der Waals surface area (Å²) < 4.78 is 10.0. The molecule has 0 atom stereocenters. The van der Waals surface area contributed by atoms with Gasteiger partial charge in [0.25, 0.3) is 0 Å². The first kappa shape index (κ1) is 14.9. The van der Waals surface area contributed by atoms with Gasteiger partial charge in [-0.3, -0.25) is 10.1 Å². The average Bonchev–Trinajstić information content (AvgIpc) is 3.17. The Labute approximate surface area is 134 Å². The van der Waals surface area contributed by atoms with Gasteiger partial charge in [0, 0.05) is 16.5 Å². The van der Waals surface area contributed by atoms with Gasteiger partial charge in [-0.25, -0.2) is 9.79 Å². The van der Waals surface area contributed by atoms with Gasteiger partial charge in [-0.05, 0) is 29.7 Å². The lowest BCUT2D eigenvalue weighted by Gasteiger charge is -2.03. The van der Waals surface area contributed by atoms with E-state index in [2.05, 4.69) is 4.99 Å². The highest BCUT2D eigenvalue weighted by Crippen LogP contribution is 2.29. The van der Waals surface area contributed by atoms with E-state index in [0.29, 0.717) is 5.56 Å². The number of nitro groups is 1. The second kappa shape index (κ2) is 6.01. The first-order chi connectivity index (χ1) is 11.1. The maximum atomic E-state index is 11.9. The van der Waals surface area contributed by atoms with Gasteiger partial charge < -0.3 is 9.47 Å². The number of hydrogen-bond acceptors (Lipinski definition) is 7. The zero-order valence-corrected chi connectivity index (χ0v) is 12.7. The van der Waals surface area contributed by atoms with Crippen molar-refractivity contribution in [2.45, 2.75) is 0 Å². The predicted octanol–water partition coefficient (Wildman–Crippen LogP) is 3.01. The summed E-state index contributed by atoms with van der Waals surface area (Å²) >= 11 is 1.46. The van der Waals surface area contributed by atoms with E-state index >= 15 is 0 Å². The molecule has 0 N–H and O–H groups in total. The number of methoxy groups -OCH3 is 1. The van der Waals surface area contributed by atoms with Crippen molar-refractivity contribution in [3.63, 3.8) is 0 Å². The molecule has 2 aromatic rings. The normalized spacial score (nSPS) is 15.4. The molecule has 1 aromatic carbocycles. The van der Waals surface area contributed by atoms with Crippen LogP contribution in [0.25, 0.3) is 6.08 Å². The number of carbonyl (C=O) groups excluding carboxylic acids is 1. The number of nitro benzene ring substituents is 1. The molecule has 2 heterocycles. The number of cyclic esters (lactones) is 1. The number of carbonyl (C=O) groups is 1. The summed E-state index contributed by atoms with van der Waals surface area (Å²) in [7, 11) is 1.34. The molecule has 0 bridgehead atoms. The van der Waals surface area contributed by atoms with Crippen LogP contribution in [0.3, 0.4) is 0 Å². The highest BCUT2D eigenvalue weighted by atomic mass is 32.1. The molecule has 0 saturated carbocycles. The molecule has 0 unspecified atom stereocenters. The van der Waals surface area contributed by atoms with E-state index in [1.165, 1.54) is 30.6 Å². The lowest BCUT2D eigenvalue weighted by molar-refractivity contribution is -0.385. The molecule has 0 spiro atoms. The highest BCUT2D eigenvalue weighted by Gasteiger charge is 2.26. The number of nitrogens with zero attached hydrogens (tertiary/aromatic N) is 2. The summed E-state index contributed by atoms with van der Waals surface area (Å²) in [6, 6.07) is 7.95. The summed E-state index contributed by atoms with van der Waals surface area (Å²) in [6.07, 6.45) is 1.61. The van der Waals surface area contributed by atoms with E-state index in [0.717, 1.165) is 4.88 Å². The van der Waals surface area contributed by atoms with E-state index in [1.807, 2.05) is 17.5 Å². The molecule has 8 heteroatoms. The topological polar surface area (TPSA) is 91.0 Å². The molecule has 0 amide bonds. The molecule has 0 fully saturated rings. The minimum atomic E-state index is -0.591. The summed E-state index contributed by atoms with van der Waals surface area (Å²) in [6.45, 7) is 0. The van der Waals surface area contributed by atoms with Crippen LogP contribution >= 0.6 is 11.3 Å². The van der Waals surface area contributed by atoms with Crippen LogP contribution in [0.15, 0.2) is 46.4 Å². The van der Waals surface area contributed by atoms with Crippen molar-refractivity contribution in [2.75, 3.05) is 7.11 Å². The minimum absolute atomic E-state index is 0.0311. The van der Waals surface area contributed by atoms with Gasteiger partial charge in [0.2, 0.25) is 5.90 Å². The van der Waals surface area contributed by atoms with E-state index in [1.54, 1.807) is 12.1 Å². The quantitative estimate of drug-likeness (QED) is 0.372. The fourth-order valence-corrected chi connectivity index (χ4v) is 2.66. The Morgan fingerprint density at radius 1 is 1.39 bits per heavy atom. The van der Waals surface area contributed by atoms with Crippen molar-refractivity contribution >= 4 is 35.0 Å². The summed E-state index contributed by atoms with van der Waals surface area (Å²) in [5, 5.41) is 12.9. The number of benzene rings is 1. The molecule has 0 radical (unpaired) electrons. The first-order valence-electron chi connectivity index (χ1n) is 6.47. The van der Waals surface area contributed by atoms with Crippen molar-refractivity contribution in [3.8, 4) is 5.75 Å². The third-order valence-corrected chi connectivity index (χ3v) is 3.88. The number of hydrogen-bond donors (Lipinski definition) is 0. The lowest BCUT2D eigenvalue weighted by atomic mass is 10.2. The maximum absolute atomic E-state index is 11.9. The molecule has 1 aliphatic heterocycles. The fraction of sp³-hybridized carbons (Fsp3) is 0.0667. The van der Waals surface area contributed by atoms with Crippen molar-refractivity contribution in [1.82, 2.24) is 0 Å². The third-order valence-electron chi connectivity index (χ3n) is 3.07. The largest absolute Gasteiger partial charge is 0.490 e. The Balaban J connectivity index is 1.98. The van der Waals surface area contributed by atoms with Gasteiger partial charge in [0.15, 0.2) is 11.4 Å². The first-order valence-corrected chi connectivity index (χ1v) is 7.35. The van der Waals surface area contributed by atoms with Crippen LogP contribution in [0, 0.1) is 10.1 Å². The smallest absolute Gasteiger partial charge is 0.363 e. The summed E-state index contributed by atoms with van der Waals surface area (Å²) in [4.78, 5) is 27.3. The van der Waals surface area contributed by atoms with E-state index in [-0.39, 0.29) is 23.0 Å². The SMILES string of the molecule is COc1ccc(C2=NC(=Cc3cccs3)C(=O)O2)cc1[N+](=O)[O-]. The number of thiophene rings is 1. The van der Waals surface area contributed by atoms with Crippen LogP contribution in [0.1, 0.15) is 10.4 Å². The van der Waals surface area contributed by atoms with Crippen molar-refractivity contribution < 1.29 is 19.2 Å². The average molecular weight is 330 g/mol. The Bertz CT molecular complexity index is 840. The second-order valence-corrected chi connectivity index (χ2v) is 5.47. The molecule has 0 aliphatic carbocycles. The Morgan fingerprint density at radius 3 is 2.87 bits per heavy atom. The Morgan fingerprint density at radius 2 is 2.22 bits per heavy atom. The molecule has 1 aromatic heterocycles. The molecule has 23 heavy (non-hydrogen) atoms. The third kappa shape index (κ3) is 2.97. The monoisotopic (exact) mass is 330 g/mol. The molecule has 1 aliphatic rings. The zero-order chi connectivity index (χ0) is 16.4. The summed E-state index contributed by atoms with van der Waals surface area (Å²) in [5.74, 6) is -0.437. The number of aliphatic imine (C=N–C) groups is 1. The van der Waals surface area contributed by atoms with Gasteiger partial charge in [-0.2, -0.15) is 0 Å². The maximum Gasteiger partial charge on any atom is 0.363 e. The number of rotatable bonds is 4. The lowest BCUT2D eigenvalue weighted by Crippen LogP contribution is -2.06. The standard InChI is InChI=1S/C15H10N2O5S/c1-21-13-5-4-9(7-12(13)17(19)20)14-16-11(15(18)22-14)8-10-3-2-6-23-10/h2-8H,1H3. The van der Waals surface area contributed by atoms with Crippen molar-refractivity contribution in [2.24, 2.45) is 4.99 Å². The number of ether oxygens (including phenoxy) is 2. The van der Waals surface area contributed by atoms with Gasteiger partial charge in [0.1, 0.15) is 0 Å². The van der Waals surface area contributed by atoms with Crippen LogP contribution in [0.4, 0.5) is 5.69 Å². The van der Waals surface area contributed by atoms with E-state index < -0.39 is 10.9 Å². The van der Waals surface area contributed by atoms with Crippen molar-refractivity contribution in [1.29, 1.82) is 0 Å². The van der Waals surface area contributed by atoms with Gasteiger partial charge in [-0.1, -0.05) is 6.07 Å². The van der Waals surface area contributed by atoms with Crippen LogP contribution in [0.2, 0.25) is 0 Å². The molecule has 3 rings (SSSR count). The van der Waals surface area contributed by atoms with E-state index in [4.69, 9.17) is 9.47 Å². The Hall–Kier alpha value is -3.00. The molecular formula is C15H10N2O5S. The van der Waals surface area contributed by atoms with Gasteiger partial charge in [-0.15, -0.1) is 11.3 Å². The second-order valence-electron chi connectivity index (χ2n) is 4.50. The van der Waals surface area contributed by atoms with Gasteiger partial charge in [0.05, 0.1) is 12.0 Å². The predicted molar refractivity (Wildman–Crippen MR) is 84.6 cm³/mol. The highest BCUT2D eigenvalue weighted by molar-refractivity contribution is 7.10. The van der Waals surface area contributed by atoms with Crippen LogP contribution in [0.5, 0.6) is 5.75 Å². The fourth-order valence-electron chi connectivity index (χ4n) is 2.01. The zero-order valence-electron chi connectivity index (χ0n) is 11.9. The molecule has 7 nitrogen and oxygen atoms in total. The number of esters is 1. The van der Waals surface area contributed by atoms with Crippen LogP contribution in [-0.4, -0.2) is 23.9 Å². The molecule has 0 saturated heterocycles. The van der Waals surface area contributed by atoms with Crippen LogP contribution < -0.4 is 4.74 Å². The van der Waals surface area contributed by atoms with Crippen molar-refractivity contribution in [3.05, 3.63) is 62.0 Å². The molecule has 116 valence electrons. The minimum Gasteiger partial charge on any atom is -0.490 e. The summed E-state index contributed by atoms with van der Waals surface area (Å²) in [5.41, 5.74) is 0.265. The Kier molecular flexibility index (Phi) is 3.90. The van der Waals surface area contributed by atoms with E-state index in [9.17, 15) is 14.9 Å². The molecular weight excluding hydrogens is 320 g/mol. The van der Waals surface area contributed by atoms with Crippen LogP contribution in [-0.2, 0) is 9.53 Å². The van der Waals surface area contributed by atoms with Gasteiger partial charge >= 0.3 is 11.7 Å².